The van der Waals surface area contributed by atoms with Gasteiger partial charge in [-0.05, 0) is 23.3 Å². The first-order chi connectivity index (χ1) is 11.5. The normalized spacial score (nSPS) is 11.6. The van der Waals surface area contributed by atoms with Crippen LogP contribution >= 0.6 is 0 Å². The number of hydrogen-bond donors (Lipinski definition) is 1. The number of carbonyl (C=O) groups is 2. The van der Waals surface area contributed by atoms with E-state index in [9.17, 15) is 14.7 Å². The van der Waals surface area contributed by atoms with Crippen LogP contribution in [0.4, 0.5) is 0 Å². The molecule has 1 amide bonds. The molecule has 5 heteroatoms. The van der Waals surface area contributed by atoms with Gasteiger partial charge in [0.05, 0.1) is 13.5 Å². The van der Waals surface area contributed by atoms with E-state index in [1.165, 1.54) is 11.9 Å². The lowest BCUT2D eigenvalue weighted by molar-refractivity contribution is -0.148. The Morgan fingerprint density at radius 1 is 1.04 bits per heavy atom. The molecule has 0 aromatic heterocycles. The maximum absolute atomic E-state index is 12.4. The lowest BCUT2D eigenvalue weighted by Crippen LogP contribution is -2.44. The van der Waals surface area contributed by atoms with Crippen molar-refractivity contribution in [3.05, 3.63) is 65.7 Å². The standard InChI is InChI=1S/C19H21NO4/c1-20(17(19(22)23)12-14-6-4-3-5-7-14)18(21)13-15-8-10-16(24-2)11-9-15/h3-11,17H,12-13H2,1-2H3,(H,22,23). The van der Waals surface area contributed by atoms with Crippen LogP contribution in [0.25, 0.3) is 0 Å². The van der Waals surface area contributed by atoms with Crippen LogP contribution < -0.4 is 4.74 Å². The summed E-state index contributed by atoms with van der Waals surface area (Å²) in [7, 11) is 3.11. The van der Waals surface area contributed by atoms with Gasteiger partial charge in [0.15, 0.2) is 0 Å². The Morgan fingerprint density at radius 3 is 2.21 bits per heavy atom. The van der Waals surface area contributed by atoms with Crippen LogP contribution in [0.3, 0.4) is 0 Å². The molecule has 0 radical (unpaired) electrons. The maximum Gasteiger partial charge on any atom is 0.326 e. The molecule has 0 heterocycles. The number of amides is 1. The van der Waals surface area contributed by atoms with Gasteiger partial charge in [-0.15, -0.1) is 0 Å². The maximum atomic E-state index is 12.4. The van der Waals surface area contributed by atoms with Crippen LogP contribution in [0.15, 0.2) is 54.6 Å². The van der Waals surface area contributed by atoms with Crippen LogP contribution in [-0.4, -0.2) is 42.1 Å². The third kappa shape index (κ3) is 4.59. The molecule has 5 nitrogen and oxygen atoms in total. The van der Waals surface area contributed by atoms with E-state index in [4.69, 9.17) is 4.74 Å². The second kappa shape index (κ2) is 8.15. The number of carbonyl (C=O) groups excluding carboxylic acids is 1. The summed E-state index contributed by atoms with van der Waals surface area (Å²) >= 11 is 0. The van der Waals surface area contributed by atoms with Crippen molar-refractivity contribution >= 4 is 11.9 Å². The molecule has 0 saturated heterocycles. The average Bonchev–Trinajstić information content (AvgIpc) is 2.60. The Morgan fingerprint density at radius 2 is 1.67 bits per heavy atom. The van der Waals surface area contributed by atoms with Gasteiger partial charge < -0.3 is 14.7 Å². The summed E-state index contributed by atoms with van der Waals surface area (Å²) in [5.74, 6) is -0.528. The summed E-state index contributed by atoms with van der Waals surface area (Å²) in [4.78, 5) is 25.3. The molecule has 2 aromatic carbocycles. The van der Waals surface area contributed by atoms with Gasteiger partial charge in [0.1, 0.15) is 11.8 Å². The molecule has 126 valence electrons. The average molecular weight is 327 g/mol. The van der Waals surface area contributed by atoms with Crippen LogP contribution in [-0.2, 0) is 22.4 Å². The van der Waals surface area contributed by atoms with Gasteiger partial charge in [0, 0.05) is 13.5 Å². The highest BCUT2D eigenvalue weighted by Gasteiger charge is 2.26. The highest BCUT2D eigenvalue weighted by atomic mass is 16.5. The minimum absolute atomic E-state index is 0.152. The van der Waals surface area contributed by atoms with Crippen molar-refractivity contribution in [2.45, 2.75) is 18.9 Å². The molecule has 0 aliphatic heterocycles. The number of carboxylic acid groups (broad SMARTS) is 1. The predicted octanol–water partition coefficient (Wildman–Crippen LogP) is 2.39. The van der Waals surface area contributed by atoms with Gasteiger partial charge in [-0.1, -0.05) is 42.5 Å². The fourth-order valence-corrected chi connectivity index (χ4v) is 2.44. The van der Waals surface area contributed by atoms with E-state index in [0.29, 0.717) is 5.75 Å². The van der Waals surface area contributed by atoms with Crippen molar-refractivity contribution in [3.8, 4) is 5.75 Å². The van der Waals surface area contributed by atoms with Crippen LogP contribution in [0.5, 0.6) is 5.75 Å². The van der Waals surface area contributed by atoms with Crippen molar-refractivity contribution in [2.24, 2.45) is 0 Å². The molecule has 0 saturated carbocycles. The van der Waals surface area contributed by atoms with Crippen LogP contribution in [0.2, 0.25) is 0 Å². The number of likely N-dealkylation sites (N-methyl/N-ethyl adjacent to an activating group) is 1. The SMILES string of the molecule is COc1ccc(CC(=O)N(C)C(Cc2ccccc2)C(=O)O)cc1. The molecule has 0 spiro atoms. The van der Waals surface area contributed by atoms with Crippen molar-refractivity contribution in [1.82, 2.24) is 4.90 Å². The number of nitrogens with zero attached hydrogens (tertiary/aromatic N) is 1. The number of ether oxygens (including phenoxy) is 1. The second-order valence-corrected chi connectivity index (χ2v) is 5.57. The minimum Gasteiger partial charge on any atom is -0.497 e. The Bertz CT molecular complexity index is 682. The zero-order valence-electron chi connectivity index (χ0n) is 13.8. The Hall–Kier alpha value is -2.82. The fraction of sp³-hybridized carbons (Fsp3) is 0.263. The van der Waals surface area contributed by atoms with Crippen LogP contribution in [0.1, 0.15) is 11.1 Å². The molecule has 2 aromatic rings. The molecule has 24 heavy (non-hydrogen) atoms. The topological polar surface area (TPSA) is 66.8 Å². The largest absolute Gasteiger partial charge is 0.497 e. The second-order valence-electron chi connectivity index (χ2n) is 5.57. The predicted molar refractivity (Wildman–Crippen MR) is 91.0 cm³/mol. The van der Waals surface area contributed by atoms with E-state index in [1.807, 2.05) is 30.3 Å². The molecular weight excluding hydrogens is 306 g/mol. The number of benzene rings is 2. The van der Waals surface area contributed by atoms with Gasteiger partial charge in [-0.25, -0.2) is 4.79 Å². The Kier molecular flexibility index (Phi) is 5.95. The quantitative estimate of drug-likeness (QED) is 0.848. The van der Waals surface area contributed by atoms with Gasteiger partial charge >= 0.3 is 5.97 Å². The molecule has 2 rings (SSSR count). The number of methoxy groups -OCH3 is 1. The van der Waals surface area contributed by atoms with Crippen molar-refractivity contribution in [2.75, 3.05) is 14.2 Å². The number of rotatable bonds is 7. The molecule has 0 fully saturated rings. The van der Waals surface area contributed by atoms with Gasteiger partial charge in [0.2, 0.25) is 5.91 Å². The molecule has 1 N–H and O–H groups in total. The summed E-state index contributed by atoms with van der Waals surface area (Å²) < 4.78 is 5.08. The monoisotopic (exact) mass is 327 g/mol. The summed E-state index contributed by atoms with van der Waals surface area (Å²) in [6.07, 6.45) is 0.431. The summed E-state index contributed by atoms with van der Waals surface area (Å²) in [6, 6.07) is 15.6. The summed E-state index contributed by atoms with van der Waals surface area (Å²) in [5.41, 5.74) is 1.70. The molecule has 0 bridgehead atoms. The first kappa shape index (κ1) is 17.5. The zero-order chi connectivity index (χ0) is 17.5. The Labute approximate surface area is 141 Å². The summed E-state index contributed by atoms with van der Waals surface area (Å²) in [6.45, 7) is 0. The van der Waals surface area contributed by atoms with Crippen molar-refractivity contribution in [3.63, 3.8) is 0 Å². The smallest absolute Gasteiger partial charge is 0.326 e. The van der Waals surface area contributed by atoms with E-state index in [0.717, 1.165) is 11.1 Å². The summed E-state index contributed by atoms with van der Waals surface area (Å²) in [5, 5.41) is 9.48. The molecule has 1 atom stereocenters. The number of aliphatic carboxylic acids is 1. The first-order valence-corrected chi connectivity index (χ1v) is 7.66. The number of carboxylic acids is 1. The van der Waals surface area contributed by atoms with E-state index in [1.54, 1.807) is 31.4 Å². The van der Waals surface area contributed by atoms with E-state index < -0.39 is 12.0 Å². The van der Waals surface area contributed by atoms with E-state index >= 15 is 0 Å². The molecule has 0 aliphatic carbocycles. The first-order valence-electron chi connectivity index (χ1n) is 7.66. The fourth-order valence-electron chi connectivity index (χ4n) is 2.44. The lowest BCUT2D eigenvalue weighted by atomic mass is 10.0. The highest BCUT2D eigenvalue weighted by Crippen LogP contribution is 2.14. The molecular formula is C19H21NO4. The zero-order valence-corrected chi connectivity index (χ0v) is 13.8. The van der Waals surface area contributed by atoms with Crippen molar-refractivity contribution < 1.29 is 19.4 Å². The number of hydrogen-bond acceptors (Lipinski definition) is 3. The van der Waals surface area contributed by atoms with Crippen molar-refractivity contribution in [1.29, 1.82) is 0 Å². The van der Waals surface area contributed by atoms with Crippen LogP contribution in [0, 0.1) is 0 Å². The molecule has 0 aliphatic rings. The van der Waals surface area contributed by atoms with Gasteiger partial charge in [-0.2, -0.15) is 0 Å². The van der Waals surface area contributed by atoms with Gasteiger partial charge in [0.25, 0.3) is 0 Å². The lowest BCUT2D eigenvalue weighted by Gasteiger charge is -2.25. The molecule has 1 unspecified atom stereocenters. The third-order valence-corrected chi connectivity index (χ3v) is 3.93. The van der Waals surface area contributed by atoms with Gasteiger partial charge in [-0.3, -0.25) is 4.79 Å². The Balaban J connectivity index is 2.06. The minimum atomic E-state index is -1.01. The van der Waals surface area contributed by atoms with E-state index in [2.05, 4.69) is 0 Å². The highest BCUT2D eigenvalue weighted by molar-refractivity contribution is 5.85. The van der Waals surface area contributed by atoms with E-state index in [-0.39, 0.29) is 18.7 Å². The third-order valence-electron chi connectivity index (χ3n) is 3.93.